The number of amides is 1. The Morgan fingerprint density at radius 2 is 1.96 bits per heavy atom. The number of nitrogens with one attached hydrogen (secondary N) is 2. The highest BCUT2D eigenvalue weighted by Gasteiger charge is 2.17. The Hall–Kier alpha value is -1.77. The van der Waals surface area contributed by atoms with E-state index in [-0.39, 0.29) is 35.7 Å². The Balaban J connectivity index is 1.77. The standard InChI is InChI=1S/C16H22N2O5S/c1-12(19)13-4-6-15(7-5-13)24(21,22)18-9-8-16(20)17-11-14-3-2-10-23-14/h4-7,14,18H,2-3,8-11H2,1H3,(H,17,20). The Morgan fingerprint density at radius 1 is 1.25 bits per heavy atom. The van der Waals surface area contributed by atoms with Gasteiger partial charge >= 0.3 is 0 Å². The maximum atomic E-state index is 12.1. The number of carbonyl (C=O) groups excluding carboxylic acids is 2. The van der Waals surface area contributed by atoms with Gasteiger partial charge in [0.25, 0.3) is 0 Å². The van der Waals surface area contributed by atoms with Crippen molar-refractivity contribution >= 4 is 21.7 Å². The smallest absolute Gasteiger partial charge is 0.240 e. The first-order valence-electron chi connectivity index (χ1n) is 7.87. The van der Waals surface area contributed by atoms with Gasteiger partial charge in [-0.25, -0.2) is 13.1 Å². The summed E-state index contributed by atoms with van der Waals surface area (Å²) in [6.45, 7) is 2.60. The third-order valence-electron chi connectivity index (χ3n) is 3.77. The number of benzene rings is 1. The van der Waals surface area contributed by atoms with Gasteiger partial charge in [0.2, 0.25) is 15.9 Å². The van der Waals surface area contributed by atoms with Gasteiger partial charge in [-0.1, -0.05) is 12.1 Å². The Bertz CT molecular complexity index is 679. The summed E-state index contributed by atoms with van der Waals surface area (Å²) in [5.41, 5.74) is 0.447. The number of hydrogen-bond donors (Lipinski definition) is 2. The van der Waals surface area contributed by atoms with E-state index in [1.54, 1.807) is 0 Å². The monoisotopic (exact) mass is 354 g/mol. The third-order valence-corrected chi connectivity index (χ3v) is 5.24. The molecule has 8 heteroatoms. The van der Waals surface area contributed by atoms with Crippen molar-refractivity contribution in [3.8, 4) is 0 Å². The summed E-state index contributed by atoms with van der Waals surface area (Å²) in [5, 5.41) is 2.73. The van der Waals surface area contributed by atoms with Crippen LogP contribution in [0.2, 0.25) is 0 Å². The molecule has 0 bridgehead atoms. The maximum absolute atomic E-state index is 12.1. The van der Waals surface area contributed by atoms with Crippen molar-refractivity contribution in [2.45, 2.75) is 37.2 Å². The summed E-state index contributed by atoms with van der Waals surface area (Å²) in [6, 6.07) is 5.67. The molecule has 1 amide bonds. The van der Waals surface area contributed by atoms with Crippen LogP contribution in [0.15, 0.2) is 29.2 Å². The average molecular weight is 354 g/mol. The zero-order valence-corrected chi connectivity index (χ0v) is 14.4. The lowest BCUT2D eigenvalue weighted by molar-refractivity contribution is -0.121. The molecule has 1 atom stereocenters. The van der Waals surface area contributed by atoms with Crippen LogP contribution in [0, 0.1) is 0 Å². The zero-order valence-electron chi connectivity index (χ0n) is 13.6. The van der Waals surface area contributed by atoms with Gasteiger partial charge in [-0.15, -0.1) is 0 Å². The molecule has 0 spiro atoms. The maximum Gasteiger partial charge on any atom is 0.240 e. The van der Waals surface area contributed by atoms with E-state index in [1.165, 1.54) is 31.2 Å². The van der Waals surface area contributed by atoms with Crippen molar-refractivity contribution in [1.82, 2.24) is 10.0 Å². The van der Waals surface area contributed by atoms with Crippen LogP contribution in [0.1, 0.15) is 36.5 Å². The fraction of sp³-hybridized carbons (Fsp3) is 0.500. The SMILES string of the molecule is CC(=O)c1ccc(S(=O)(=O)NCCC(=O)NCC2CCCO2)cc1. The van der Waals surface area contributed by atoms with E-state index in [4.69, 9.17) is 4.74 Å². The largest absolute Gasteiger partial charge is 0.376 e. The van der Waals surface area contributed by atoms with Crippen molar-refractivity contribution in [3.05, 3.63) is 29.8 Å². The second-order valence-corrected chi connectivity index (χ2v) is 7.43. The van der Waals surface area contributed by atoms with Crippen LogP contribution in [0.3, 0.4) is 0 Å². The quantitative estimate of drug-likeness (QED) is 0.674. The molecule has 0 aliphatic carbocycles. The van der Waals surface area contributed by atoms with Gasteiger partial charge in [0.15, 0.2) is 5.78 Å². The normalized spacial score (nSPS) is 17.6. The minimum atomic E-state index is -3.69. The Labute approximate surface area is 141 Å². The minimum Gasteiger partial charge on any atom is -0.376 e. The lowest BCUT2D eigenvalue weighted by Gasteiger charge is -2.11. The second-order valence-electron chi connectivity index (χ2n) is 5.67. The third kappa shape index (κ3) is 5.40. The van der Waals surface area contributed by atoms with Crippen LogP contribution in [-0.4, -0.2) is 45.9 Å². The first-order chi connectivity index (χ1) is 11.4. The molecule has 1 saturated heterocycles. The van der Waals surface area contributed by atoms with Gasteiger partial charge in [-0.05, 0) is 31.9 Å². The lowest BCUT2D eigenvalue weighted by atomic mass is 10.2. The molecule has 24 heavy (non-hydrogen) atoms. The molecular formula is C16H22N2O5S. The second kappa shape index (κ2) is 8.36. The van der Waals surface area contributed by atoms with Gasteiger partial charge < -0.3 is 10.1 Å². The fourth-order valence-corrected chi connectivity index (χ4v) is 3.40. The molecule has 1 heterocycles. The molecule has 1 aromatic rings. The van der Waals surface area contributed by atoms with Crippen molar-refractivity contribution < 1.29 is 22.7 Å². The summed E-state index contributed by atoms with van der Waals surface area (Å²) in [6.07, 6.45) is 2.05. The summed E-state index contributed by atoms with van der Waals surface area (Å²) in [5.74, 6) is -0.352. The molecule has 1 aliphatic rings. The highest BCUT2D eigenvalue weighted by Crippen LogP contribution is 2.11. The summed E-state index contributed by atoms with van der Waals surface area (Å²) in [4.78, 5) is 23.0. The Kier molecular flexibility index (Phi) is 6.47. The molecule has 1 aliphatic heterocycles. The fourth-order valence-electron chi connectivity index (χ4n) is 2.37. The number of sulfonamides is 1. The zero-order chi connectivity index (χ0) is 17.6. The van der Waals surface area contributed by atoms with Crippen molar-refractivity contribution in [3.63, 3.8) is 0 Å². The molecule has 132 valence electrons. The van der Waals surface area contributed by atoms with Crippen LogP contribution in [0.4, 0.5) is 0 Å². The first kappa shape index (κ1) is 18.6. The lowest BCUT2D eigenvalue weighted by Crippen LogP contribution is -2.34. The number of carbonyl (C=O) groups is 2. The molecule has 2 rings (SSSR count). The van der Waals surface area contributed by atoms with Crippen molar-refractivity contribution in [2.24, 2.45) is 0 Å². The van der Waals surface area contributed by atoms with Crippen LogP contribution < -0.4 is 10.0 Å². The number of rotatable bonds is 8. The highest BCUT2D eigenvalue weighted by molar-refractivity contribution is 7.89. The predicted molar refractivity (Wildman–Crippen MR) is 88.2 cm³/mol. The first-order valence-corrected chi connectivity index (χ1v) is 9.36. The summed E-state index contributed by atoms with van der Waals surface area (Å²) >= 11 is 0. The summed E-state index contributed by atoms with van der Waals surface area (Å²) < 4.78 is 32.0. The van der Waals surface area contributed by atoms with E-state index in [9.17, 15) is 18.0 Å². The minimum absolute atomic E-state index is 0.00809. The van der Waals surface area contributed by atoms with E-state index in [0.717, 1.165) is 19.4 Å². The van der Waals surface area contributed by atoms with E-state index >= 15 is 0 Å². The van der Waals surface area contributed by atoms with Crippen molar-refractivity contribution in [1.29, 1.82) is 0 Å². The van der Waals surface area contributed by atoms with E-state index in [2.05, 4.69) is 10.0 Å². The topological polar surface area (TPSA) is 102 Å². The summed E-state index contributed by atoms with van der Waals surface area (Å²) in [7, 11) is -3.69. The molecule has 1 unspecified atom stereocenters. The Morgan fingerprint density at radius 3 is 2.54 bits per heavy atom. The van der Waals surface area contributed by atoms with E-state index in [0.29, 0.717) is 12.1 Å². The molecule has 7 nitrogen and oxygen atoms in total. The molecule has 0 aromatic heterocycles. The van der Waals surface area contributed by atoms with Crippen molar-refractivity contribution in [2.75, 3.05) is 19.7 Å². The van der Waals surface area contributed by atoms with Gasteiger partial charge in [0.05, 0.1) is 11.0 Å². The molecule has 0 saturated carbocycles. The van der Waals surface area contributed by atoms with Crippen LogP contribution in [-0.2, 0) is 19.6 Å². The van der Waals surface area contributed by atoms with E-state index < -0.39 is 10.0 Å². The van der Waals surface area contributed by atoms with Gasteiger partial charge in [-0.2, -0.15) is 0 Å². The van der Waals surface area contributed by atoms with Crippen LogP contribution in [0.25, 0.3) is 0 Å². The highest BCUT2D eigenvalue weighted by atomic mass is 32.2. The molecule has 1 fully saturated rings. The number of ether oxygens (including phenoxy) is 1. The van der Waals surface area contributed by atoms with Crippen LogP contribution >= 0.6 is 0 Å². The molecule has 1 aromatic carbocycles. The average Bonchev–Trinajstić information content (AvgIpc) is 3.06. The van der Waals surface area contributed by atoms with Gasteiger partial charge in [0.1, 0.15) is 0 Å². The number of Topliss-reactive ketones (excluding diaryl/α,β-unsaturated/α-hetero) is 1. The molecular weight excluding hydrogens is 332 g/mol. The number of hydrogen-bond acceptors (Lipinski definition) is 5. The van der Waals surface area contributed by atoms with Crippen LogP contribution in [0.5, 0.6) is 0 Å². The van der Waals surface area contributed by atoms with Gasteiger partial charge in [0, 0.05) is 31.7 Å². The molecule has 2 N–H and O–H groups in total. The van der Waals surface area contributed by atoms with Gasteiger partial charge in [-0.3, -0.25) is 9.59 Å². The molecule has 0 radical (unpaired) electrons. The predicted octanol–water partition coefficient (Wildman–Crippen LogP) is 0.853. The van der Waals surface area contributed by atoms with E-state index in [1.807, 2.05) is 0 Å². The number of ketones is 1.